The second-order valence-electron chi connectivity index (χ2n) is 9.69. The van der Waals surface area contributed by atoms with Crippen molar-refractivity contribution in [3.8, 4) is 11.6 Å². The number of hydrogen-bond donors (Lipinski definition) is 1. The SMILES string of the molecule is Cn1c2c(c(=O)n(C)c1=O)C1(C(=O)Nc3ccc(OC(F)(F)F)cc31)C1=C(CC(C)(C)CC1=O)O2. The highest BCUT2D eigenvalue weighted by molar-refractivity contribution is 6.19. The molecule has 2 aliphatic heterocycles. The topological polar surface area (TPSA) is 109 Å². The number of anilines is 1. The van der Waals surface area contributed by atoms with Crippen molar-refractivity contribution in [1.82, 2.24) is 9.13 Å². The van der Waals surface area contributed by atoms with E-state index in [-0.39, 0.29) is 46.9 Å². The zero-order valence-corrected chi connectivity index (χ0v) is 19.1. The predicted molar refractivity (Wildman–Crippen MR) is 115 cm³/mol. The summed E-state index contributed by atoms with van der Waals surface area (Å²) in [5, 5.41) is 2.59. The van der Waals surface area contributed by atoms with E-state index in [1.807, 2.05) is 13.8 Å². The van der Waals surface area contributed by atoms with Crippen molar-refractivity contribution >= 4 is 17.4 Å². The summed E-state index contributed by atoms with van der Waals surface area (Å²) in [6, 6.07) is 3.21. The number of aromatic nitrogens is 2. The van der Waals surface area contributed by atoms with E-state index in [4.69, 9.17) is 4.74 Å². The van der Waals surface area contributed by atoms with Gasteiger partial charge in [-0.15, -0.1) is 13.2 Å². The van der Waals surface area contributed by atoms with Crippen LogP contribution in [0.3, 0.4) is 0 Å². The number of alkyl halides is 3. The molecule has 0 bridgehead atoms. The van der Waals surface area contributed by atoms with Crippen LogP contribution in [0.15, 0.2) is 39.1 Å². The standard InChI is InChI=1S/C23H20F3N3O6/c1-21(2)8-13(30)15-14(9-21)34-18-16(17(31)28(3)20(33)29(18)4)22(15)11-7-10(35-23(24,25)26)5-6-12(11)27-19(22)32/h5-7H,8-9H2,1-4H3,(H,27,32). The third kappa shape index (κ3) is 3.08. The summed E-state index contributed by atoms with van der Waals surface area (Å²) in [5.41, 5.74) is -4.74. The summed E-state index contributed by atoms with van der Waals surface area (Å²) >= 11 is 0. The molecule has 1 aliphatic carbocycles. The molecule has 1 amide bonds. The molecule has 0 fully saturated rings. The monoisotopic (exact) mass is 491 g/mol. The lowest BCUT2D eigenvalue weighted by Crippen LogP contribution is -2.53. The third-order valence-corrected chi connectivity index (χ3v) is 6.63. The van der Waals surface area contributed by atoms with Crippen LogP contribution >= 0.6 is 0 Å². The van der Waals surface area contributed by atoms with Gasteiger partial charge in [-0.3, -0.25) is 23.5 Å². The molecule has 3 aliphatic rings. The summed E-state index contributed by atoms with van der Waals surface area (Å²) in [6.45, 7) is 3.64. The molecule has 2 aromatic rings. The second-order valence-corrected chi connectivity index (χ2v) is 9.69. The number of ketones is 1. The fraction of sp³-hybridized carbons (Fsp3) is 0.391. The van der Waals surface area contributed by atoms with Gasteiger partial charge in [-0.25, -0.2) is 4.79 Å². The van der Waals surface area contributed by atoms with Crippen LogP contribution in [0.25, 0.3) is 0 Å². The van der Waals surface area contributed by atoms with Crippen LogP contribution < -0.4 is 26.0 Å². The summed E-state index contributed by atoms with van der Waals surface area (Å²) in [4.78, 5) is 53.4. The number of amides is 1. The van der Waals surface area contributed by atoms with Gasteiger partial charge in [0.25, 0.3) is 5.56 Å². The van der Waals surface area contributed by atoms with Crippen molar-refractivity contribution in [1.29, 1.82) is 0 Å². The molecule has 1 spiro atoms. The molecule has 1 unspecified atom stereocenters. The number of carbonyl (C=O) groups is 2. The average Bonchev–Trinajstić information content (AvgIpc) is 3.00. The number of nitrogens with zero attached hydrogens (tertiary/aromatic N) is 2. The molecule has 0 saturated heterocycles. The Hall–Kier alpha value is -3.83. The summed E-state index contributed by atoms with van der Waals surface area (Å²) in [6.07, 6.45) is -4.81. The predicted octanol–water partition coefficient (Wildman–Crippen LogP) is 2.26. The molecule has 9 nitrogen and oxygen atoms in total. The Kier molecular flexibility index (Phi) is 4.50. The van der Waals surface area contributed by atoms with Crippen molar-refractivity contribution in [2.75, 3.05) is 5.32 Å². The first-order valence-electron chi connectivity index (χ1n) is 10.6. The quantitative estimate of drug-likeness (QED) is 0.656. The Labute approximate surface area is 195 Å². The first-order valence-corrected chi connectivity index (χ1v) is 10.6. The van der Waals surface area contributed by atoms with E-state index in [0.29, 0.717) is 0 Å². The normalized spacial score (nSPS) is 22.4. The van der Waals surface area contributed by atoms with Gasteiger partial charge in [0.15, 0.2) is 5.78 Å². The second kappa shape index (κ2) is 6.86. The van der Waals surface area contributed by atoms with Crippen LogP contribution in [0.4, 0.5) is 18.9 Å². The van der Waals surface area contributed by atoms with Crippen molar-refractivity contribution in [3.05, 3.63) is 61.5 Å². The van der Waals surface area contributed by atoms with Crippen molar-refractivity contribution < 1.29 is 32.2 Å². The van der Waals surface area contributed by atoms with Gasteiger partial charge in [0.2, 0.25) is 11.8 Å². The number of rotatable bonds is 1. The van der Waals surface area contributed by atoms with Gasteiger partial charge in [0, 0.05) is 38.2 Å². The van der Waals surface area contributed by atoms with Gasteiger partial charge in [-0.05, 0) is 23.6 Å². The molecule has 1 aromatic heterocycles. The van der Waals surface area contributed by atoms with Gasteiger partial charge in [0.05, 0.1) is 5.57 Å². The Morgan fingerprint density at radius 1 is 1.06 bits per heavy atom. The number of carbonyl (C=O) groups excluding carboxylic acids is 2. The number of hydrogen-bond acceptors (Lipinski definition) is 6. The smallest absolute Gasteiger partial charge is 0.444 e. The first-order chi connectivity index (χ1) is 16.2. The zero-order chi connectivity index (χ0) is 25.7. The molecule has 0 radical (unpaired) electrons. The van der Waals surface area contributed by atoms with Crippen LogP contribution in [0, 0.1) is 5.41 Å². The Bertz CT molecular complexity index is 1500. The van der Waals surface area contributed by atoms with Gasteiger partial charge in [-0.1, -0.05) is 13.8 Å². The van der Waals surface area contributed by atoms with Gasteiger partial charge in [-0.2, -0.15) is 0 Å². The van der Waals surface area contributed by atoms with E-state index in [2.05, 4.69) is 10.1 Å². The minimum atomic E-state index is -5.01. The Balaban J connectivity index is 1.94. The first kappa shape index (κ1) is 22.9. The number of Topliss-reactive ketones (excluding diaryl/α,β-unsaturated/α-hetero) is 1. The lowest BCUT2D eigenvalue weighted by atomic mass is 9.62. The zero-order valence-electron chi connectivity index (χ0n) is 19.1. The molecule has 0 saturated carbocycles. The van der Waals surface area contributed by atoms with Crippen LogP contribution in [0.5, 0.6) is 11.6 Å². The van der Waals surface area contributed by atoms with Crippen LogP contribution in [0.2, 0.25) is 0 Å². The highest BCUT2D eigenvalue weighted by Crippen LogP contribution is 2.56. The summed E-state index contributed by atoms with van der Waals surface area (Å²) in [5.74, 6) is -2.08. The van der Waals surface area contributed by atoms with Crippen molar-refractivity contribution in [3.63, 3.8) is 0 Å². The number of benzene rings is 1. The molecule has 3 heterocycles. The fourth-order valence-corrected chi connectivity index (χ4v) is 5.25. The molecular weight excluding hydrogens is 471 g/mol. The van der Waals surface area contributed by atoms with Crippen molar-refractivity contribution in [2.45, 2.75) is 38.5 Å². The number of fused-ring (bicyclic) bond motifs is 5. The number of ether oxygens (including phenoxy) is 2. The molecule has 1 atom stereocenters. The van der Waals surface area contributed by atoms with Crippen LogP contribution in [-0.4, -0.2) is 27.2 Å². The van der Waals surface area contributed by atoms with Gasteiger partial charge >= 0.3 is 12.1 Å². The lowest BCUT2D eigenvalue weighted by Gasteiger charge is -2.42. The maximum absolute atomic E-state index is 13.7. The third-order valence-electron chi connectivity index (χ3n) is 6.63. The van der Waals surface area contributed by atoms with Gasteiger partial charge in [0.1, 0.15) is 22.5 Å². The number of nitrogens with one attached hydrogen (secondary N) is 1. The van der Waals surface area contributed by atoms with Crippen LogP contribution in [0.1, 0.15) is 37.8 Å². The Morgan fingerprint density at radius 2 is 1.74 bits per heavy atom. The molecule has 184 valence electrons. The molecule has 12 heteroatoms. The van der Waals surface area contributed by atoms with Crippen molar-refractivity contribution in [2.24, 2.45) is 19.5 Å². The van der Waals surface area contributed by atoms with E-state index in [9.17, 15) is 32.3 Å². The molecule has 5 rings (SSSR count). The Morgan fingerprint density at radius 3 is 2.40 bits per heavy atom. The fourth-order valence-electron chi connectivity index (χ4n) is 5.25. The van der Waals surface area contributed by atoms with E-state index in [1.54, 1.807) is 0 Å². The minimum Gasteiger partial charge on any atom is -0.444 e. The molecule has 1 aromatic carbocycles. The van der Waals surface area contributed by atoms with E-state index in [0.717, 1.165) is 21.3 Å². The average molecular weight is 491 g/mol. The maximum Gasteiger partial charge on any atom is 0.573 e. The lowest BCUT2D eigenvalue weighted by molar-refractivity contribution is -0.274. The summed E-state index contributed by atoms with van der Waals surface area (Å²) < 4.78 is 50.8. The highest BCUT2D eigenvalue weighted by Gasteiger charge is 2.61. The molecular formula is C23H20F3N3O6. The summed E-state index contributed by atoms with van der Waals surface area (Å²) in [7, 11) is 2.54. The maximum atomic E-state index is 13.7. The van der Waals surface area contributed by atoms with E-state index >= 15 is 0 Å². The minimum absolute atomic E-state index is 0.0136. The number of halogens is 3. The number of allylic oxidation sites excluding steroid dienone is 1. The van der Waals surface area contributed by atoms with E-state index in [1.165, 1.54) is 20.2 Å². The van der Waals surface area contributed by atoms with Crippen LogP contribution in [-0.2, 0) is 29.1 Å². The van der Waals surface area contributed by atoms with Gasteiger partial charge < -0.3 is 14.8 Å². The van der Waals surface area contributed by atoms with E-state index < -0.39 is 45.9 Å². The molecule has 1 N–H and O–H groups in total. The highest BCUT2D eigenvalue weighted by atomic mass is 19.4. The molecule has 35 heavy (non-hydrogen) atoms. The largest absolute Gasteiger partial charge is 0.573 e.